The fourth-order valence-corrected chi connectivity index (χ4v) is 1.52. The Kier molecular flexibility index (Phi) is 3.65. The van der Waals surface area contributed by atoms with E-state index in [0.29, 0.717) is 6.61 Å². The van der Waals surface area contributed by atoms with Crippen LogP contribution >= 0.6 is 0 Å². The molecule has 0 aliphatic heterocycles. The fraction of sp³-hybridized carbons (Fsp3) is 0.308. The molecule has 0 N–H and O–H groups in total. The lowest BCUT2D eigenvalue weighted by atomic mass is 10.3. The molecule has 0 amide bonds. The minimum atomic E-state index is 0.605. The Balaban J connectivity index is 1.81. The lowest BCUT2D eigenvalue weighted by molar-refractivity contribution is 0.290. The van der Waals surface area contributed by atoms with Gasteiger partial charge >= 0.3 is 0 Å². The molecule has 0 unspecified atom stereocenters. The van der Waals surface area contributed by atoms with Crippen LogP contribution in [0.3, 0.4) is 0 Å². The van der Waals surface area contributed by atoms with Crippen LogP contribution in [0.4, 0.5) is 0 Å². The second-order valence-electron chi connectivity index (χ2n) is 3.74. The van der Waals surface area contributed by atoms with Gasteiger partial charge in [0, 0.05) is 6.20 Å². The summed E-state index contributed by atoms with van der Waals surface area (Å²) in [6.45, 7) is 3.33. The van der Waals surface area contributed by atoms with E-state index in [1.807, 2.05) is 48.1 Å². The van der Waals surface area contributed by atoms with Gasteiger partial charge in [0.25, 0.3) is 0 Å². The van der Waals surface area contributed by atoms with Crippen molar-refractivity contribution in [1.29, 1.82) is 0 Å². The fourth-order valence-electron chi connectivity index (χ4n) is 1.52. The summed E-state index contributed by atoms with van der Waals surface area (Å²) in [5.74, 6) is 1.68. The molecule has 2 rings (SSSR count). The van der Waals surface area contributed by atoms with Crippen LogP contribution in [0.15, 0.2) is 36.5 Å². The van der Waals surface area contributed by atoms with Gasteiger partial charge in [0.1, 0.15) is 18.1 Å². The molecule has 1 aromatic heterocycles. The predicted molar refractivity (Wildman–Crippen MR) is 65.5 cm³/mol. The van der Waals surface area contributed by atoms with Crippen molar-refractivity contribution in [2.24, 2.45) is 0 Å². The van der Waals surface area contributed by atoms with E-state index >= 15 is 0 Å². The number of aromatic nitrogens is 2. The average Bonchev–Trinajstić information content (AvgIpc) is 2.76. The van der Waals surface area contributed by atoms with Gasteiger partial charge in [-0.25, -0.2) is 0 Å². The molecule has 0 bridgehead atoms. The highest BCUT2D eigenvalue weighted by molar-refractivity contribution is 5.31. The summed E-state index contributed by atoms with van der Waals surface area (Å²) in [5, 5.41) is 4.29. The second kappa shape index (κ2) is 5.39. The first kappa shape index (κ1) is 11.5. The summed E-state index contributed by atoms with van der Waals surface area (Å²) in [5.41, 5.74) is 1.02. The minimum absolute atomic E-state index is 0.605. The van der Waals surface area contributed by atoms with Gasteiger partial charge in [-0.1, -0.05) is 0 Å². The zero-order valence-electron chi connectivity index (χ0n) is 10.1. The SMILES string of the molecule is COc1ccc(OCCn2ccc(C)n2)cc1. The Morgan fingerprint density at radius 3 is 2.41 bits per heavy atom. The quantitative estimate of drug-likeness (QED) is 0.793. The molecule has 0 spiro atoms. The third-order valence-electron chi connectivity index (χ3n) is 2.42. The van der Waals surface area contributed by atoms with Gasteiger partial charge in [0.05, 0.1) is 19.3 Å². The van der Waals surface area contributed by atoms with Crippen molar-refractivity contribution in [3.63, 3.8) is 0 Å². The average molecular weight is 232 g/mol. The number of ether oxygens (including phenoxy) is 2. The first-order chi connectivity index (χ1) is 8.28. The maximum atomic E-state index is 5.60. The Labute approximate surface area is 101 Å². The number of nitrogens with zero attached hydrogens (tertiary/aromatic N) is 2. The topological polar surface area (TPSA) is 36.3 Å². The second-order valence-corrected chi connectivity index (χ2v) is 3.74. The molecule has 0 saturated heterocycles. The van der Waals surface area contributed by atoms with Gasteiger partial charge in [-0.3, -0.25) is 4.68 Å². The van der Waals surface area contributed by atoms with Gasteiger partial charge in [0.2, 0.25) is 0 Å². The molecule has 0 atom stereocenters. The van der Waals surface area contributed by atoms with Crippen LogP contribution in [-0.4, -0.2) is 23.5 Å². The largest absolute Gasteiger partial charge is 0.497 e. The molecule has 0 aliphatic rings. The van der Waals surface area contributed by atoms with Crippen LogP contribution in [0.25, 0.3) is 0 Å². The van der Waals surface area contributed by atoms with E-state index in [0.717, 1.165) is 23.7 Å². The van der Waals surface area contributed by atoms with E-state index in [1.165, 1.54) is 0 Å². The Morgan fingerprint density at radius 1 is 1.12 bits per heavy atom. The van der Waals surface area contributed by atoms with Crippen LogP contribution in [-0.2, 0) is 6.54 Å². The van der Waals surface area contributed by atoms with Crippen LogP contribution in [0.5, 0.6) is 11.5 Å². The van der Waals surface area contributed by atoms with Crippen molar-refractivity contribution in [3.8, 4) is 11.5 Å². The molecule has 1 heterocycles. The molecule has 17 heavy (non-hydrogen) atoms. The van der Waals surface area contributed by atoms with Crippen LogP contribution in [0.2, 0.25) is 0 Å². The molecule has 4 nitrogen and oxygen atoms in total. The van der Waals surface area contributed by atoms with E-state index in [9.17, 15) is 0 Å². The molecule has 90 valence electrons. The zero-order chi connectivity index (χ0) is 12.1. The molecule has 0 radical (unpaired) electrons. The highest BCUT2D eigenvalue weighted by atomic mass is 16.5. The normalized spacial score (nSPS) is 10.2. The minimum Gasteiger partial charge on any atom is -0.497 e. The van der Waals surface area contributed by atoms with E-state index in [1.54, 1.807) is 7.11 Å². The van der Waals surface area contributed by atoms with E-state index in [-0.39, 0.29) is 0 Å². The Bertz CT molecular complexity index is 463. The molecule has 0 fully saturated rings. The summed E-state index contributed by atoms with van der Waals surface area (Å²) in [6.07, 6.45) is 1.95. The number of hydrogen-bond acceptors (Lipinski definition) is 3. The van der Waals surface area contributed by atoms with Crippen LogP contribution in [0, 0.1) is 6.92 Å². The predicted octanol–water partition coefficient (Wildman–Crippen LogP) is 2.28. The van der Waals surface area contributed by atoms with Gasteiger partial charge in [-0.15, -0.1) is 0 Å². The number of methoxy groups -OCH3 is 1. The standard InChI is InChI=1S/C13H16N2O2/c1-11-7-8-15(14-11)9-10-17-13-5-3-12(16-2)4-6-13/h3-8H,9-10H2,1-2H3. The first-order valence-corrected chi connectivity index (χ1v) is 5.55. The Morgan fingerprint density at radius 2 is 1.82 bits per heavy atom. The maximum Gasteiger partial charge on any atom is 0.119 e. The third kappa shape index (κ3) is 3.24. The Hall–Kier alpha value is -1.97. The number of aryl methyl sites for hydroxylation is 1. The van der Waals surface area contributed by atoms with Gasteiger partial charge in [0.15, 0.2) is 0 Å². The molecule has 0 saturated carbocycles. The van der Waals surface area contributed by atoms with Crippen molar-refractivity contribution in [2.75, 3.05) is 13.7 Å². The highest BCUT2D eigenvalue weighted by Crippen LogP contribution is 2.16. The smallest absolute Gasteiger partial charge is 0.119 e. The lowest BCUT2D eigenvalue weighted by Crippen LogP contribution is -2.08. The third-order valence-corrected chi connectivity index (χ3v) is 2.42. The molecule has 2 aromatic rings. The summed E-state index contributed by atoms with van der Waals surface area (Å²) in [7, 11) is 1.65. The van der Waals surface area contributed by atoms with E-state index in [2.05, 4.69) is 5.10 Å². The van der Waals surface area contributed by atoms with Gasteiger partial charge in [-0.05, 0) is 37.3 Å². The number of hydrogen-bond donors (Lipinski definition) is 0. The van der Waals surface area contributed by atoms with Gasteiger partial charge < -0.3 is 9.47 Å². The molecule has 1 aromatic carbocycles. The van der Waals surface area contributed by atoms with Crippen LogP contribution < -0.4 is 9.47 Å². The monoisotopic (exact) mass is 232 g/mol. The van der Waals surface area contributed by atoms with Crippen molar-refractivity contribution >= 4 is 0 Å². The highest BCUT2D eigenvalue weighted by Gasteiger charge is 1.97. The first-order valence-electron chi connectivity index (χ1n) is 5.55. The van der Waals surface area contributed by atoms with Crippen molar-refractivity contribution in [1.82, 2.24) is 9.78 Å². The molecule has 4 heteroatoms. The summed E-state index contributed by atoms with van der Waals surface area (Å²) in [6, 6.07) is 9.54. The van der Waals surface area contributed by atoms with Crippen LogP contribution in [0.1, 0.15) is 5.69 Å². The van der Waals surface area contributed by atoms with E-state index in [4.69, 9.17) is 9.47 Å². The molecule has 0 aliphatic carbocycles. The lowest BCUT2D eigenvalue weighted by Gasteiger charge is -2.07. The molecular weight excluding hydrogens is 216 g/mol. The van der Waals surface area contributed by atoms with Crippen molar-refractivity contribution < 1.29 is 9.47 Å². The number of benzene rings is 1. The van der Waals surface area contributed by atoms with Crippen molar-refractivity contribution in [2.45, 2.75) is 13.5 Å². The summed E-state index contributed by atoms with van der Waals surface area (Å²) in [4.78, 5) is 0. The van der Waals surface area contributed by atoms with Gasteiger partial charge in [-0.2, -0.15) is 5.10 Å². The molecular formula is C13H16N2O2. The number of rotatable bonds is 5. The zero-order valence-corrected chi connectivity index (χ0v) is 10.1. The summed E-state index contributed by atoms with van der Waals surface area (Å²) < 4.78 is 12.6. The maximum absolute atomic E-state index is 5.60. The van der Waals surface area contributed by atoms with Crippen molar-refractivity contribution in [3.05, 3.63) is 42.2 Å². The van der Waals surface area contributed by atoms with E-state index < -0.39 is 0 Å². The summed E-state index contributed by atoms with van der Waals surface area (Å²) >= 11 is 0.